The Labute approximate surface area is 126 Å². The summed E-state index contributed by atoms with van der Waals surface area (Å²) in [7, 11) is 5.52. The molecule has 0 aliphatic heterocycles. The number of anilines is 1. The van der Waals surface area contributed by atoms with Crippen LogP contribution in [0.4, 0.5) is 5.69 Å². The van der Waals surface area contributed by atoms with Crippen molar-refractivity contribution in [1.82, 2.24) is 9.55 Å². The van der Waals surface area contributed by atoms with Crippen LogP contribution in [-0.2, 0) is 16.5 Å². The monoisotopic (exact) mass is 291 g/mol. The lowest BCUT2D eigenvalue weighted by atomic mass is 10.2. The number of aryl methyl sites for hydroxylation is 1. The van der Waals surface area contributed by atoms with Gasteiger partial charge in [-0.2, -0.15) is 0 Å². The lowest BCUT2D eigenvalue weighted by molar-refractivity contribution is 0.191. The van der Waals surface area contributed by atoms with E-state index in [1.807, 2.05) is 13.4 Å². The molecule has 116 valence electrons. The van der Waals surface area contributed by atoms with Crippen LogP contribution in [0.25, 0.3) is 11.0 Å². The molecule has 1 heterocycles. The van der Waals surface area contributed by atoms with Gasteiger partial charge in [0.25, 0.3) is 0 Å². The van der Waals surface area contributed by atoms with Gasteiger partial charge in [0.2, 0.25) is 0 Å². The van der Waals surface area contributed by atoms with E-state index in [2.05, 4.69) is 32.7 Å². The van der Waals surface area contributed by atoms with Gasteiger partial charge in [0.15, 0.2) is 0 Å². The standard InChI is InChI=1S/C16H25N3O2/c1-18-13-17-16-14(18)7-4-8-15(16)19(9-5-11-20-2)10-6-12-21-3/h4,7-8,13H,5-6,9-12H2,1-3H3. The summed E-state index contributed by atoms with van der Waals surface area (Å²) in [6.07, 6.45) is 3.88. The maximum atomic E-state index is 5.17. The average Bonchev–Trinajstić information content (AvgIpc) is 2.88. The van der Waals surface area contributed by atoms with Gasteiger partial charge < -0.3 is 18.9 Å². The highest BCUT2D eigenvalue weighted by Crippen LogP contribution is 2.25. The van der Waals surface area contributed by atoms with Gasteiger partial charge >= 0.3 is 0 Å². The summed E-state index contributed by atoms with van der Waals surface area (Å²) in [6.45, 7) is 3.48. The second-order valence-corrected chi connectivity index (χ2v) is 5.18. The third-order valence-corrected chi connectivity index (χ3v) is 3.63. The molecule has 2 aromatic rings. The zero-order chi connectivity index (χ0) is 15.1. The number of para-hydroxylation sites is 1. The van der Waals surface area contributed by atoms with E-state index in [0.29, 0.717) is 0 Å². The van der Waals surface area contributed by atoms with Gasteiger partial charge in [-0.15, -0.1) is 0 Å². The Balaban J connectivity index is 2.19. The number of benzene rings is 1. The number of aromatic nitrogens is 2. The quantitative estimate of drug-likeness (QED) is 0.665. The van der Waals surface area contributed by atoms with Gasteiger partial charge in [0.05, 0.1) is 17.5 Å². The zero-order valence-corrected chi connectivity index (χ0v) is 13.2. The number of ether oxygens (including phenoxy) is 2. The molecule has 0 unspecified atom stereocenters. The van der Waals surface area contributed by atoms with Gasteiger partial charge in [0, 0.05) is 47.6 Å². The van der Waals surface area contributed by atoms with E-state index in [-0.39, 0.29) is 0 Å². The molecule has 0 saturated carbocycles. The van der Waals surface area contributed by atoms with E-state index in [4.69, 9.17) is 9.47 Å². The fourth-order valence-electron chi connectivity index (χ4n) is 2.55. The zero-order valence-electron chi connectivity index (χ0n) is 13.2. The molecule has 0 radical (unpaired) electrons. The maximum absolute atomic E-state index is 5.17. The third kappa shape index (κ3) is 3.95. The predicted molar refractivity (Wildman–Crippen MR) is 85.9 cm³/mol. The molecule has 0 spiro atoms. The molecular weight excluding hydrogens is 266 g/mol. The highest BCUT2D eigenvalue weighted by Gasteiger charge is 2.12. The van der Waals surface area contributed by atoms with E-state index in [1.165, 1.54) is 5.69 Å². The van der Waals surface area contributed by atoms with Gasteiger partial charge in [-0.05, 0) is 25.0 Å². The lowest BCUT2D eigenvalue weighted by Crippen LogP contribution is -2.27. The highest BCUT2D eigenvalue weighted by molar-refractivity contribution is 5.88. The minimum atomic E-state index is 0.777. The van der Waals surface area contributed by atoms with Crippen molar-refractivity contribution in [3.05, 3.63) is 24.5 Å². The number of hydrogen-bond donors (Lipinski definition) is 0. The summed E-state index contributed by atoms with van der Waals surface area (Å²) in [5.41, 5.74) is 3.42. The molecule has 0 amide bonds. The molecule has 0 fully saturated rings. The van der Waals surface area contributed by atoms with E-state index in [9.17, 15) is 0 Å². The third-order valence-electron chi connectivity index (χ3n) is 3.63. The number of imidazole rings is 1. The minimum absolute atomic E-state index is 0.777. The molecule has 1 aromatic heterocycles. The molecule has 0 aliphatic carbocycles. The predicted octanol–water partition coefficient (Wildman–Crippen LogP) is 2.45. The van der Waals surface area contributed by atoms with Crippen molar-refractivity contribution in [1.29, 1.82) is 0 Å². The SMILES string of the molecule is COCCCN(CCCOC)c1cccc2c1ncn2C. The van der Waals surface area contributed by atoms with E-state index < -0.39 is 0 Å². The molecule has 5 nitrogen and oxygen atoms in total. The summed E-state index contributed by atoms with van der Waals surface area (Å²) < 4.78 is 12.4. The Morgan fingerprint density at radius 1 is 1.10 bits per heavy atom. The Morgan fingerprint density at radius 3 is 2.38 bits per heavy atom. The normalized spacial score (nSPS) is 11.2. The van der Waals surface area contributed by atoms with Crippen LogP contribution in [0.15, 0.2) is 24.5 Å². The molecule has 1 aromatic carbocycles. The van der Waals surface area contributed by atoms with Crippen molar-refractivity contribution >= 4 is 16.7 Å². The van der Waals surface area contributed by atoms with Crippen molar-refractivity contribution in [2.24, 2.45) is 7.05 Å². The topological polar surface area (TPSA) is 39.5 Å². The minimum Gasteiger partial charge on any atom is -0.385 e. The number of hydrogen-bond acceptors (Lipinski definition) is 4. The number of rotatable bonds is 9. The maximum Gasteiger partial charge on any atom is 0.112 e. The average molecular weight is 291 g/mol. The van der Waals surface area contributed by atoms with Crippen molar-refractivity contribution in [2.45, 2.75) is 12.8 Å². The molecule has 0 atom stereocenters. The van der Waals surface area contributed by atoms with Gasteiger partial charge in [-0.1, -0.05) is 6.07 Å². The Hall–Kier alpha value is -1.59. The summed E-state index contributed by atoms with van der Waals surface area (Å²) in [6, 6.07) is 6.35. The van der Waals surface area contributed by atoms with Crippen LogP contribution in [0.2, 0.25) is 0 Å². The van der Waals surface area contributed by atoms with Crippen LogP contribution in [0, 0.1) is 0 Å². The largest absolute Gasteiger partial charge is 0.385 e. The van der Waals surface area contributed by atoms with Gasteiger partial charge in [0.1, 0.15) is 5.52 Å². The van der Waals surface area contributed by atoms with E-state index >= 15 is 0 Å². The van der Waals surface area contributed by atoms with E-state index in [0.717, 1.165) is 50.2 Å². The first-order chi connectivity index (χ1) is 10.3. The number of methoxy groups -OCH3 is 2. The second kappa shape index (κ2) is 8.00. The first kappa shape index (κ1) is 15.8. The number of fused-ring (bicyclic) bond motifs is 1. The van der Waals surface area contributed by atoms with E-state index in [1.54, 1.807) is 14.2 Å². The Kier molecular flexibility index (Phi) is 6.02. The summed E-state index contributed by atoms with van der Waals surface area (Å²) in [5.74, 6) is 0. The summed E-state index contributed by atoms with van der Waals surface area (Å²) in [5, 5.41) is 0. The van der Waals surface area contributed by atoms with Crippen LogP contribution in [-0.4, -0.2) is 50.1 Å². The molecule has 0 aliphatic rings. The smallest absolute Gasteiger partial charge is 0.112 e. The number of nitrogens with zero attached hydrogens (tertiary/aromatic N) is 3. The molecule has 0 saturated heterocycles. The first-order valence-corrected chi connectivity index (χ1v) is 7.40. The molecule has 2 rings (SSSR count). The molecule has 0 bridgehead atoms. The van der Waals surface area contributed by atoms with Gasteiger partial charge in [-0.25, -0.2) is 4.98 Å². The molecule has 5 heteroatoms. The molecule has 21 heavy (non-hydrogen) atoms. The Morgan fingerprint density at radius 2 is 1.76 bits per heavy atom. The lowest BCUT2D eigenvalue weighted by Gasteiger charge is -2.25. The Bertz CT molecular complexity index is 543. The van der Waals surface area contributed by atoms with Crippen LogP contribution < -0.4 is 4.90 Å². The molecule has 0 N–H and O–H groups in total. The fraction of sp³-hybridized carbons (Fsp3) is 0.562. The van der Waals surface area contributed by atoms with Gasteiger partial charge in [-0.3, -0.25) is 0 Å². The van der Waals surface area contributed by atoms with Crippen LogP contribution >= 0.6 is 0 Å². The van der Waals surface area contributed by atoms with Crippen molar-refractivity contribution in [3.8, 4) is 0 Å². The van der Waals surface area contributed by atoms with Crippen molar-refractivity contribution < 1.29 is 9.47 Å². The van der Waals surface area contributed by atoms with Crippen LogP contribution in [0.3, 0.4) is 0 Å². The van der Waals surface area contributed by atoms with Crippen LogP contribution in [0.1, 0.15) is 12.8 Å². The first-order valence-electron chi connectivity index (χ1n) is 7.40. The van der Waals surface area contributed by atoms with Crippen molar-refractivity contribution in [2.75, 3.05) is 45.4 Å². The molecular formula is C16H25N3O2. The van der Waals surface area contributed by atoms with Crippen LogP contribution in [0.5, 0.6) is 0 Å². The fourth-order valence-corrected chi connectivity index (χ4v) is 2.55. The second-order valence-electron chi connectivity index (χ2n) is 5.18. The summed E-state index contributed by atoms with van der Waals surface area (Å²) >= 11 is 0. The van der Waals surface area contributed by atoms with Crippen molar-refractivity contribution in [3.63, 3.8) is 0 Å². The summed E-state index contributed by atoms with van der Waals surface area (Å²) in [4.78, 5) is 6.94. The highest BCUT2D eigenvalue weighted by atomic mass is 16.5.